The third kappa shape index (κ3) is 2.40. The molecule has 0 unspecified atom stereocenters. The van der Waals surface area contributed by atoms with E-state index in [-0.39, 0.29) is 5.56 Å². The van der Waals surface area contributed by atoms with Crippen LogP contribution >= 0.6 is 0 Å². The highest BCUT2D eigenvalue weighted by molar-refractivity contribution is 5.96. The van der Waals surface area contributed by atoms with Gasteiger partial charge in [0, 0.05) is 18.3 Å². The second-order valence-electron chi connectivity index (χ2n) is 4.22. The fraction of sp³-hybridized carbons (Fsp3) is 0.308. The Hall–Kier alpha value is -1.58. The quantitative estimate of drug-likeness (QED) is 0.695. The van der Waals surface area contributed by atoms with Gasteiger partial charge in [-0.05, 0) is 36.6 Å². The van der Waals surface area contributed by atoms with Crippen molar-refractivity contribution in [2.45, 2.75) is 26.4 Å². The molecule has 90 valence electrons. The minimum absolute atomic E-state index is 0.248. The second kappa shape index (κ2) is 4.02. The lowest BCUT2D eigenvalue weighted by molar-refractivity contribution is -0.138. The SMILES string of the molecule is CC1=NC=C(c2ccc(C)c(C(F)(F)F)c2)C1. The molecule has 0 N–H and O–H groups in total. The molecule has 1 aliphatic rings. The van der Waals surface area contributed by atoms with Crippen molar-refractivity contribution in [3.63, 3.8) is 0 Å². The molecule has 1 aliphatic heterocycles. The third-order valence-corrected chi connectivity index (χ3v) is 2.80. The van der Waals surface area contributed by atoms with Gasteiger partial charge < -0.3 is 0 Å². The summed E-state index contributed by atoms with van der Waals surface area (Å²) in [6.45, 7) is 3.33. The summed E-state index contributed by atoms with van der Waals surface area (Å²) in [7, 11) is 0. The smallest absolute Gasteiger partial charge is 0.265 e. The largest absolute Gasteiger partial charge is 0.416 e. The third-order valence-electron chi connectivity index (χ3n) is 2.80. The number of halogens is 3. The predicted octanol–water partition coefficient (Wildman–Crippen LogP) is 4.22. The first-order chi connectivity index (χ1) is 7.88. The summed E-state index contributed by atoms with van der Waals surface area (Å²) in [6.07, 6.45) is -2.03. The molecule has 0 amide bonds. The maximum atomic E-state index is 12.7. The molecule has 1 heterocycles. The average molecular weight is 239 g/mol. The number of hydrogen-bond acceptors (Lipinski definition) is 1. The Morgan fingerprint density at radius 1 is 1.18 bits per heavy atom. The van der Waals surface area contributed by atoms with E-state index >= 15 is 0 Å². The van der Waals surface area contributed by atoms with E-state index in [1.165, 1.54) is 19.1 Å². The number of hydrogen-bond donors (Lipinski definition) is 0. The van der Waals surface area contributed by atoms with Gasteiger partial charge in [-0.15, -0.1) is 0 Å². The molecule has 0 saturated carbocycles. The van der Waals surface area contributed by atoms with Crippen LogP contribution in [0.3, 0.4) is 0 Å². The van der Waals surface area contributed by atoms with Gasteiger partial charge in [0.15, 0.2) is 0 Å². The number of aryl methyl sites for hydroxylation is 1. The van der Waals surface area contributed by atoms with Crippen LogP contribution in [0.15, 0.2) is 29.4 Å². The first-order valence-electron chi connectivity index (χ1n) is 5.28. The Labute approximate surface area is 97.7 Å². The molecule has 1 aromatic carbocycles. The lowest BCUT2D eigenvalue weighted by atomic mass is 9.98. The maximum absolute atomic E-state index is 12.7. The summed E-state index contributed by atoms with van der Waals surface area (Å²) in [5, 5.41) is 0. The molecular formula is C13H12F3N. The van der Waals surface area contributed by atoms with Crippen molar-refractivity contribution >= 4 is 11.3 Å². The Bertz CT molecular complexity index is 510. The fourth-order valence-corrected chi connectivity index (χ4v) is 1.86. The van der Waals surface area contributed by atoms with Gasteiger partial charge in [0.2, 0.25) is 0 Å². The second-order valence-corrected chi connectivity index (χ2v) is 4.22. The highest BCUT2D eigenvalue weighted by Gasteiger charge is 2.32. The van der Waals surface area contributed by atoms with Gasteiger partial charge in [-0.25, -0.2) is 0 Å². The van der Waals surface area contributed by atoms with Crippen LogP contribution in [0.4, 0.5) is 13.2 Å². The lowest BCUT2D eigenvalue weighted by Crippen LogP contribution is -2.08. The van der Waals surface area contributed by atoms with Crippen molar-refractivity contribution in [3.05, 3.63) is 41.1 Å². The maximum Gasteiger partial charge on any atom is 0.416 e. The molecule has 17 heavy (non-hydrogen) atoms. The molecule has 1 aromatic rings. The Kier molecular flexibility index (Phi) is 2.81. The molecule has 0 radical (unpaired) electrons. The lowest BCUT2D eigenvalue weighted by Gasteiger charge is -2.12. The molecule has 0 atom stereocenters. The van der Waals surface area contributed by atoms with E-state index < -0.39 is 11.7 Å². The van der Waals surface area contributed by atoms with Crippen LogP contribution in [0.2, 0.25) is 0 Å². The van der Waals surface area contributed by atoms with Crippen molar-refractivity contribution in [1.82, 2.24) is 0 Å². The first-order valence-corrected chi connectivity index (χ1v) is 5.28. The van der Waals surface area contributed by atoms with Crippen molar-refractivity contribution < 1.29 is 13.2 Å². The first kappa shape index (κ1) is 11.9. The van der Waals surface area contributed by atoms with Crippen LogP contribution in [0.5, 0.6) is 0 Å². The van der Waals surface area contributed by atoms with E-state index in [1.807, 2.05) is 6.92 Å². The summed E-state index contributed by atoms with van der Waals surface area (Å²) in [5.41, 5.74) is 2.04. The van der Waals surface area contributed by atoms with E-state index in [2.05, 4.69) is 4.99 Å². The Morgan fingerprint density at radius 3 is 2.41 bits per heavy atom. The highest BCUT2D eigenvalue weighted by Crippen LogP contribution is 2.34. The number of aliphatic imine (C=N–C) groups is 1. The minimum Gasteiger partial charge on any atom is -0.265 e. The van der Waals surface area contributed by atoms with E-state index in [4.69, 9.17) is 0 Å². The number of nitrogens with zero attached hydrogens (tertiary/aromatic N) is 1. The van der Waals surface area contributed by atoms with E-state index in [9.17, 15) is 13.2 Å². The van der Waals surface area contributed by atoms with Gasteiger partial charge in [-0.2, -0.15) is 13.2 Å². The summed E-state index contributed by atoms with van der Waals surface area (Å²) in [6, 6.07) is 4.42. The number of allylic oxidation sites excluding steroid dienone is 1. The van der Waals surface area contributed by atoms with Crippen molar-refractivity contribution in [2.24, 2.45) is 4.99 Å². The van der Waals surface area contributed by atoms with Crippen molar-refractivity contribution in [3.8, 4) is 0 Å². The zero-order valence-corrected chi connectivity index (χ0v) is 9.60. The van der Waals surface area contributed by atoms with Gasteiger partial charge in [-0.1, -0.05) is 12.1 Å². The predicted molar refractivity (Wildman–Crippen MR) is 61.9 cm³/mol. The summed E-state index contributed by atoms with van der Waals surface area (Å²) < 4.78 is 38.2. The number of rotatable bonds is 1. The summed E-state index contributed by atoms with van der Waals surface area (Å²) in [4.78, 5) is 4.08. The number of alkyl halides is 3. The molecule has 4 heteroatoms. The normalized spacial score (nSPS) is 15.8. The van der Waals surface area contributed by atoms with Gasteiger partial charge in [-0.3, -0.25) is 4.99 Å². The van der Waals surface area contributed by atoms with E-state index in [0.29, 0.717) is 12.0 Å². The average Bonchev–Trinajstić information content (AvgIpc) is 2.64. The summed E-state index contributed by atoms with van der Waals surface area (Å²) in [5.74, 6) is 0. The Morgan fingerprint density at radius 2 is 1.88 bits per heavy atom. The zero-order chi connectivity index (χ0) is 12.6. The molecule has 2 rings (SSSR count). The molecule has 0 bridgehead atoms. The number of benzene rings is 1. The van der Waals surface area contributed by atoms with Gasteiger partial charge >= 0.3 is 6.18 Å². The molecule has 0 spiro atoms. The van der Waals surface area contributed by atoms with Crippen LogP contribution in [0.1, 0.15) is 30.0 Å². The molecule has 0 fully saturated rings. The highest BCUT2D eigenvalue weighted by atomic mass is 19.4. The Balaban J connectivity index is 2.39. The van der Waals surface area contributed by atoms with Crippen LogP contribution in [-0.4, -0.2) is 5.71 Å². The molecule has 0 aliphatic carbocycles. The molecule has 1 nitrogen and oxygen atoms in total. The minimum atomic E-state index is -4.30. The molecule has 0 aromatic heterocycles. The van der Waals surface area contributed by atoms with Crippen LogP contribution < -0.4 is 0 Å². The van der Waals surface area contributed by atoms with E-state index in [1.54, 1.807) is 12.3 Å². The van der Waals surface area contributed by atoms with E-state index in [0.717, 1.165) is 11.3 Å². The van der Waals surface area contributed by atoms with Gasteiger partial charge in [0.25, 0.3) is 0 Å². The fourth-order valence-electron chi connectivity index (χ4n) is 1.86. The molecule has 0 saturated heterocycles. The standard InChI is InChI=1S/C13H12F3N/c1-8-3-4-10(6-12(8)13(14,15)16)11-5-9(2)17-7-11/h3-4,6-7H,5H2,1-2H3. The summed E-state index contributed by atoms with van der Waals surface area (Å²) >= 11 is 0. The molecular weight excluding hydrogens is 227 g/mol. The van der Waals surface area contributed by atoms with Gasteiger partial charge in [0.1, 0.15) is 0 Å². The monoisotopic (exact) mass is 239 g/mol. The van der Waals surface area contributed by atoms with Crippen LogP contribution in [-0.2, 0) is 6.18 Å². The van der Waals surface area contributed by atoms with Gasteiger partial charge in [0.05, 0.1) is 5.56 Å². The van der Waals surface area contributed by atoms with Crippen molar-refractivity contribution in [2.75, 3.05) is 0 Å². The van der Waals surface area contributed by atoms with Crippen molar-refractivity contribution in [1.29, 1.82) is 0 Å². The zero-order valence-electron chi connectivity index (χ0n) is 9.60. The topological polar surface area (TPSA) is 12.4 Å². The van der Waals surface area contributed by atoms with Crippen LogP contribution in [0.25, 0.3) is 5.57 Å². The van der Waals surface area contributed by atoms with Crippen LogP contribution in [0, 0.1) is 6.92 Å².